The average molecular weight is 398 g/mol. The van der Waals surface area contributed by atoms with E-state index in [1.165, 1.54) is 6.07 Å². The molecule has 2 unspecified atom stereocenters. The van der Waals surface area contributed by atoms with Crippen molar-refractivity contribution in [1.82, 2.24) is 0 Å². The number of aromatic hydroxyl groups is 1. The number of carbonyl (C=O) groups excluding carboxylic acids is 3. The number of esters is 1. The summed E-state index contributed by atoms with van der Waals surface area (Å²) in [6, 6.07) is 1.41. The maximum absolute atomic E-state index is 13.4. The third-order valence-electron chi connectivity index (χ3n) is 6.61. The Morgan fingerprint density at radius 1 is 1.10 bits per heavy atom. The topological polar surface area (TPSA) is 99.1 Å². The first-order valence-corrected chi connectivity index (χ1v) is 9.71. The van der Waals surface area contributed by atoms with Crippen LogP contribution in [0.2, 0.25) is 0 Å². The highest BCUT2D eigenvalue weighted by atomic mass is 16.6. The second-order valence-corrected chi connectivity index (χ2v) is 9.49. The van der Waals surface area contributed by atoms with Crippen LogP contribution in [-0.4, -0.2) is 39.9 Å². The third kappa shape index (κ3) is 2.21. The molecule has 1 spiro atoms. The molecular formula is C22H22O7. The van der Waals surface area contributed by atoms with Gasteiger partial charge >= 0.3 is 5.97 Å². The summed E-state index contributed by atoms with van der Waals surface area (Å²) in [5.74, 6) is -1.75. The number of hydrogen-bond donors (Lipinski definition) is 1. The number of fused-ring (bicyclic) bond motifs is 4. The number of carbonyl (C=O) groups is 3. The zero-order valence-corrected chi connectivity index (χ0v) is 16.7. The van der Waals surface area contributed by atoms with Crippen molar-refractivity contribution in [2.24, 2.45) is 11.3 Å². The largest absolute Gasteiger partial charge is 0.507 e. The molecule has 7 nitrogen and oxygen atoms in total. The average Bonchev–Trinajstić information content (AvgIpc) is 3.00. The smallest absolute Gasteiger partial charge is 0.307 e. The van der Waals surface area contributed by atoms with Crippen LogP contribution >= 0.6 is 0 Å². The van der Waals surface area contributed by atoms with Crippen molar-refractivity contribution < 1.29 is 33.7 Å². The van der Waals surface area contributed by atoms with Crippen LogP contribution < -0.4 is 9.47 Å². The van der Waals surface area contributed by atoms with Crippen LogP contribution in [0.5, 0.6) is 17.2 Å². The van der Waals surface area contributed by atoms with Gasteiger partial charge in [-0.25, -0.2) is 0 Å². The SMILES string of the molecule is CC1(C)C=Cc2c(cc(O)c3c2OC2C(=O)[C@@]4(CC2C3=O)OC(=O)CC4(C)C)O1. The number of phenols is 1. The van der Waals surface area contributed by atoms with Gasteiger partial charge in [0.15, 0.2) is 17.5 Å². The van der Waals surface area contributed by atoms with Crippen LogP contribution in [0.3, 0.4) is 0 Å². The molecule has 1 aliphatic carbocycles. The number of hydrogen-bond acceptors (Lipinski definition) is 7. The molecule has 5 rings (SSSR count). The van der Waals surface area contributed by atoms with E-state index in [-0.39, 0.29) is 35.7 Å². The van der Waals surface area contributed by atoms with E-state index in [1.54, 1.807) is 19.9 Å². The van der Waals surface area contributed by atoms with Crippen LogP contribution in [0.25, 0.3) is 6.08 Å². The number of ether oxygens (including phenoxy) is 3. The van der Waals surface area contributed by atoms with Gasteiger partial charge in [-0.05, 0) is 26.0 Å². The summed E-state index contributed by atoms with van der Waals surface area (Å²) in [4.78, 5) is 38.7. The summed E-state index contributed by atoms with van der Waals surface area (Å²) in [5.41, 5.74) is -2.15. The molecule has 7 heteroatoms. The standard InChI is InChI=1S/C22H22O7/c1-20(2)9-14(24)29-22(20)8-11-16(25)15-12(23)7-13-10(5-6-21(3,4)28-13)17(15)27-18(11)19(22)26/h5-7,11,18,23H,8-9H2,1-4H3/t11?,18?,22-/m1/s1. The maximum Gasteiger partial charge on any atom is 0.307 e. The van der Waals surface area contributed by atoms with Crippen molar-refractivity contribution in [3.63, 3.8) is 0 Å². The first kappa shape index (κ1) is 18.2. The zero-order valence-electron chi connectivity index (χ0n) is 16.7. The predicted molar refractivity (Wildman–Crippen MR) is 101 cm³/mol. The molecule has 3 heterocycles. The van der Waals surface area contributed by atoms with E-state index in [9.17, 15) is 19.5 Å². The lowest BCUT2D eigenvalue weighted by molar-refractivity contribution is -0.161. The summed E-state index contributed by atoms with van der Waals surface area (Å²) >= 11 is 0. The van der Waals surface area contributed by atoms with Crippen molar-refractivity contribution in [2.75, 3.05) is 0 Å². The van der Waals surface area contributed by atoms with E-state index >= 15 is 0 Å². The van der Waals surface area contributed by atoms with Crippen LogP contribution in [0.15, 0.2) is 12.1 Å². The Labute approximate surface area is 167 Å². The van der Waals surface area contributed by atoms with Gasteiger partial charge in [0.05, 0.1) is 17.9 Å². The minimum atomic E-state index is -1.39. The van der Waals surface area contributed by atoms with E-state index in [4.69, 9.17) is 14.2 Å². The maximum atomic E-state index is 13.4. The highest BCUT2D eigenvalue weighted by Crippen LogP contribution is 2.57. The lowest BCUT2D eigenvalue weighted by atomic mass is 9.72. The second-order valence-electron chi connectivity index (χ2n) is 9.49. The van der Waals surface area contributed by atoms with Gasteiger partial charge in [-0.15, -0.1) is 0 Å². The molecule has 1 aromatic rings. The van der Waals surface area contributed by atoms with Gasteiger partial charge in [-0.3, -0.25) is 14.4 Å². The molecule has 4 aliphatic rings. The molecule has 29 heavy (non-hydrogen) atoms. The highest BCUT2D eigenvalue weighted by Gasteiger charge is 2.70. The molecule has 1 aromatic carbocycles. The zero-order chi connectivity index (χ0) is 20.9. The third-order valence-corrected chi connectivity index (χ3v) is 6.61. The molecule has 1 N–H and O–H groups in total. The first-order valence-electron chi connectivity index (χ1n) is 9.71. The molecule has 0 radical (unpaired) electrons. The normalized spacial score (nSPS) is 32.9. The number of Topliss-reactive ketones (excluding diaryl/α,β-unsaturated/α-hetero) is 2. The quantitative estimate of drug-likeness (QED) is 0.671. The minimum Gasteiger partial charge on any atom is -0.507 e. The van der Waals surface area contributed by atoms with Gasteiger partial charge in [0.25, 0.3) is 0 Å². The van der Waals surface area contributed by atoms with E-state index in [1.807, 2.05) is 19.9 Å². The lowest BCUT2D eigenvalue weighted by Crippen LogP contribution is -2.49. The summed E-state index contributed by atoms with van der Waals surface area (Å²) < 4.78 is 17.5. The minimum absolute atomic E-state index is 0.0462. The fourth-order valence-corrected chi connectivity index (χ4v) is 5.02. The molecule has 0 bridgehead atoms. The number of ketones is 2. The van der Waals surface area contributed by atoms with Crippen molar-refractivity contribution >= 4 is 23.6 Å². The summed E-state index contributed by atoms with van der Waals surface area (Å²) in [6.45, 7) is 7.32. The Bertz CT molecular complexity index is 1030. The van der Waals surface area contributed by atoms with E-state index in [0.29, 0.717) is 11.3 Å². The number of phenolic OH excluding ortho intramolecular Hbond substituents is 1. The van der Waals surface area contributed by atoms with Crippen molar-refractivity contribution in [3.8, 4) is 17.2 Å². The predicted octanol–water partition coefficient (Wildman–Crippen LogP) is 2.82. The van der Waals surface area contributed by atoms with E-state index in [2.05, 4.69) is 0 Å². The molecule has 2 fully saturated rings. The summed E-state index contributed by atoms with van der Waals surface area (Å²) in [7, 11) is 0. The molecule has 1 saturated heterocycles. The van der Waals surface area contributed by atoms with Crippen molar-refractivity contribution in [1.29, 1.82) is 0 Å². The Morgan fingerprint density at radius 3 is 2.48 bits per heavy atom. The Morgan fingerprint density at radius 2 is 1.83 bits per heavy atom. The molecule has 1 saturated carbocycles. The first-order chi connectivity index (χ1) is 13.5. The van der Waals surface area contributed by atoms with Gasteiger partial charge in [-0.2, -0.15) is 0 Å². The van der Waals surface area contributed by atoms with Crippen LogP contribution in [0.4, 0.5) is 0 Å². The number of rotatable bonds is 0. The van der Waals surface area contributed by atoms with Crippen LogP contribution in [0, 0.1) is 11.3 Å². The van der Waals surface area contributed by atoms with Gasteiger partial charge in [0.1, 0.15) is 28.4 Å². The number of benzene rings is 1. The lowest BCUT2D eigenvalue weighted by Gasteiger charge is -2.33. The molecule has 3 atom stereocenters. The van der Waals surface area contributed by atoms with Crippen LogP contribution in [-0.2, 0) is 14.3 Å². The van der Waals surface area contributed by atoms with E-state index < -0.39 is 40.4 Å². The van der Waals surface area contributed by atoms with E-state index in [0.717, 1.165) is 0 Å². The second kappa shape index (κ2) is 5.20. The Kier molecular flexibility index (Phi) is 3.27. The molecule has 152 valence electrons. The molecule has 3 aliphatic heterocycles. The summed E-state index contributed by atoms with van der Waals surface area (Å²) in [5, 5.41) is 10.6. The van der Waals surface area contributed by atoms with Crippen molar-refractivity contribution in [2.45, 2.75) is 57.8 Å². The fourth-order valence-electron chi connectivity index (χ4n) is 5.02. The van der Waals surface area contributed by atoms with Gasteiger partial charge in [-0.1, -0.05) is 13.8 Å². The van der Waals surface area contributed by atoms with Gasteiger partial charge in [0.2, 0.25) is 5.78 Å². The van der Waals surface area contributed by atoms with Gasteiger partial charge < -0.3 is 19.3 Å². The van der Waals surface area contributed by atoms with Gasteiger partial charge in [0, 0.05) is 17.9 Å². The van der Waals surface area contributed by atoms with Crippen molar-refractivity contribution in [3.05, 3.63) is 23.3 Å². The fraction of sp³-hybridized carbons (Fsp3) is 0.500. The Balaban J connectivity index is 1.63. The molecular weight excluding hydrogens is 376 g/mol. The monoisotopic (exact) mass is 398 g/mol. The molecule has 0 amide bonds. The molecule has 0 aromatic heterocycles. The summed E-state index contributed by atoms with van der Waals surface area (Å²) in [6.07, 6.45) is 2.70. The van der Waals surface area contributed by atoms with Crippen LogP contribution in [0.1, 0.15) is 56.5 Å². The highest BCUT2D eigenvalue weighted by molar-refractivity contribution is 6.12. The Hall–Kier alpha value is -2.83.